The van der Waals surface area contributed by atoms with Crippen molar-refractivity contribution >= 4 is 17.6 Å². The number of carboxylic acid groups (broad SMARTS) is 1. The maximum absolute atomic E-state index is 11.9. The van der Waals surface area contributed by atoms with Crippen LogP contribution in [-0.2, 0) is 19.7 Å². The standard InChI is InChI=1S/C15H17NO4/c17-13(10-5-8-20-9-10)16-12-3-1-11(2-4-12)15(6-7-15)14(18)19/h1-4,10H,5-9H2,(H,16,17)(H,18,19). The number of rotatable bonds is 4. The lowest BCUT2D eigenvalue weighted by atomic mass is 9.96. The number of aliphatic carboxylic acids is 1. The van der Waals surface area contributed by atoms with Crippen LogP contribution in [0.15, 0.2) is 24.3 Å². The first kappa shape index (κ1) is 13.1. The quantitative estimate of drug-likeness (QED) is 0.878. The number of carbonyl (C=O) groups is 2. The molecule has 1 aromatic carbocycles. The van der Waals surface area contributed by atoms with Crippen LogP contribution in [0.3, 0.4) is 0 Å². The van der Waals surface area contributed by atoms with Gasteiger partial charge in [-0.25, -0.2) is 0 Å². The van der Waals surface area contributed by atoms with Crippen molar-refractivity contribution in [2.45, 2.75) is 24.7 Å². The minimum atomic E-state index is -0.766. The van der Waals surface area contributed by atoms with Crippen molar-refractivity contribution in [2.24, 2.45) is 5.92 Å². The van der Waals surface area contributed by atoms with Crippen LogP contribution in [0.25, 0.3) is 0 Å². The van der Waals surface area contributed by atoms with E-state index in [-0.39, 0.29) is 11.8 Å². The molecule has 2 fully saturated rings. The molecule has 5 heteroatoms. The summed E-state index contributed by atoms with van der Waals surface area (Å²) < 4.78 is 5.19. The average molecular weight is 275 g/mol. The molecule has 1 aliphatic heterocycles. The Hall–Kier alpha value is -1.88. The van der Waals surface area contributed by atoms with Gasteiger partial charge in [-0.1, -0.05) is 12.1 Å². The van der Waals surface area contributed by atoms with Gasteiger partial charge in [0, 0.05) is 12.3 Å². The number of nitrogens with one attached hydrogen (secondary N) is 1. The Morgan fingerprint density at radius 3 is 2.45 bits per heavy atom. The summed E-state index contributed by atoms with van der Waals surface area (Å²) in [7, 11) is 0. The SMILES string of the molecule is O=C(Nc1ccc(C2(C(=O)O)CC2)cc1)C1CCOC1. The predicted molar refractivity (Wildman–Crippen MR) is 72.5 cm³/mol. The fraction of sp³-hybridized carbons (Fsp3) is 0.467. The van der Waals surface area contributed by atoms with E-state index in [1.54, 1.807) is 24.3 Å². The van der Waals surface area contributed by atoms with E-state index in [0.29, 0.717) is 31.7 Å². The molecular formula is C15H17NO4. The first-order valence-corrected chi connectivity index (χ1v) is 6.84. The minimum Gasteiger partial charge on any atom is -0.481 e. The molecule has 1 aromatic rings. The topological polar surface area (TPSA) is 75.6 Å². The molecule has 0 aromatic heterocycles. The highest BCUT2D eigenvalue weighted by atomic mass is 16.5. The molecule has 1 unspecified atom stereocenters. The third-order valence-corrected chi connectivity index (χ3v) is 4.16. The Bertz CT molecular complexity index is 527. The molecule has 1 saturated heterocycles. The predicted octanol–water partition coefficient (Wildman–Crippen LogP) is 1.78. The van der Waals surface area contributed by atoms with E-state index in [1.807, 2.05) is 0 Å². The molecular weight excluding hydrogens is 258 g/mol. The summed E-state index contributed by atoms with van der Waals surface area (Å²) in [6.45, 7) is 1.12. The van der Waals surface area contributed by atoms with Gasteiger partial charge in [-0.3, -0.25) is 9.59 Å². The van der Waals surface area contributed by atoms with Gasteiger partial charge in [0.05, 0.1) is 17.9 Å². The Kier molecular flexibility index (Phi) is 3.22. The van der Waals surface area contributed by atoms with Gasteiger partial charge < -0.3 is 15.2 Å². The number of carboxylic acids is 1. The van der Waals surface area contributed by atoms with Crippen LogP contribution in [0.2, 0.25) is 0 Å². The van der Waals surface area contributed by atoms with Crippen molar-refractivity contribution < 1.29 is 19.4 Å². The number of ether oxygens (including phenoxy) is 1. The summed E-state index contributed by atoms with van der Waals surface area (Å²) in [6.07, 6.45) is 2.13. The highest BCUT2D eigenvalue weighted by Gasteiger charge is 2.51. The van der Waals surface area contributed by atoms with Gasteiger partial charge in [-0.05, 0) is 37.0 Å². The van der Waals surface area contributed by atoms with Gasteiger partial charge in [0.1, 0.15) is 0 Å². The fourth-order valence-electron chi connectivity index (χ4n) is 2.61. The summed E-state index contributed by atoms with van der Waals surface area (Å²) in [4.78, 5) is 23.2. The summed E-state index contributed by atoms with van der Waals surface area (Å²) in [5.74, 6) is -0.879. The average Bonchev–Trinajstić information content (AvgIpc) is 3.07. The Morgan fingerprint density at radius 1 is 1.25 bits per heavy atom. The zero-order valence-electron chi connectivity index (χ0n) is 11.1. The summed E-state index contributed by atoms with van der Waals surface area (Å²) in [5.41, 5.74) is 0.820. The smallest absolute Gasteiger partial charge is 0.314 e. The maximum Gasteiger partial charge on any atom is 0.314 e. The molecule has 0 radical (unpaired) electrons. The first-order chi connectivity index (χ1) is 9.62. The van der Waals surface area contributed by atoms with Crippen LogP contribution >= 0.6 is 0 Å². The highest BCUT2D eigenvalue weighted by Crippen LogP contribution is 2.48. The normalized spacial score (nSPS) is 23.3. The minimum absolute atomic E-state index is 0.0328. The van der Waals surface area contributed by atoms with Crippen LogP contribution in [0.5, 0.6) is 0 Å². The lowest BCUT2D eigenvalue weighted by Gasteiger charge is -2.12. The van der Waals surface area contributed by atoms with Crippen molar-refractivity contribution in [1.82, 2.24) is 0 Å². The van der Waals surface area contributed by atoms with Crippen LogP contribution < -0.4 is 5.32 Å². The Balaban J connectivity index is 1.67. The molecule has 5 nitrogen and oxygen atoms in total. The number of hydrogen-bond acceptors (Lipinski definition) is 3. The van der Waals surface area contributed by atoms with Gasteiger partial charge in [0.15, 0.2) is 0 Å². The molecule has 1 amide bonds. The molecule has 2 aliphatic rings. The largest absolute Gasteiger partial charge is 0.481 e. The number of benzene rings is 1. The summed E-state index contributed by atoms with van der Waals surface area (Å²) >= 11 is 0. The third kappa shape index (κ3) is 2.29. The van der Waals surface area contributed by atoms with Gasteiger partial charge in [-0.2, -0.15) is 0 Å². The van der Waals surface area contributed by atoms with Crippen molar-refractivity contribution in [2.75, 3.05) is 18.5 Å². The van der Waals surface area contributed by atoms with Crippen LogP contribution in [0.1, 0.15) is 24.8 Å². The van der Waals surface area contributed by atoms with Crippen LogP contribution in [-0.4, -0.2) is 30.2 Å². The number of carbonyl (C=O) groups excluding carboxylic acids is 1. The second-order valence-corrected chi connectivity index (χ2v) is 5.51. The van der Waals surface area contributed by atoms with E-state index in [9.17, 15) is 14.7 Å². The third-order valence-electron chi connectivity index (χ3n) is 4.16. The monoisotopic (exact) mass is 275 g/mol. The summed E-state index contributed by atoms with van der Waals surface area (Å²) in [6, 6.07) is 7.13. The van der Waals surface area contributed by atoms with Crippen molar-refractivity contribution in [1.29, 1.82) is 0 Å². The van der Waals surface area contributed by atoms with E-state index in [4.69, 9.17) is 4.74 Å². The van der Waals surface area contributed by atoms with E-state index in [0.717, 1.165) is 12.0 Å². The zero-order chi connectivity index (χ0) is 14.2. The summed E-state index contributed by atoms with van der Waals surface area (Å²) in [5, 5.41) is 12.1. The van der Waals surface area contributed by atoms with Gasteiger partial charge in [0.2, 0.25) is 5.91 Å². The molecule has 1 heterocycles. The highest BCUT2D eigenvalue weighted by molar-refractivity contribution is 5.93. The van der Waals surface area contributed by atoms with Crippen molar-refractivity contribution in [3.05, 3.63) is 29.8 Å². The Morgan fingerprint density at radius 2 is 1.95 bits per heavy atom. The number of amides is 1. The number of hydrogen-bond donors (Lipinski definition) is 2. The van der Waals surface area contributed by atoms with Gasteiger partial charge in [0.25, 0.3) is 0 Å². The van der Waals surface area contributed by atoms with Crippen molar-refractivity contribution in [3.63, 3.8) is 0 Å². The first-order valence-electron chi connectivity index (χ1n) is 6.84. The molecule has 1 atom stereocenters. The van der Waals surface area contributed by atoms with E-state index in [2.05, 4.69) is 5.32 Å². The lowest BCUT2D eigenvalue weighted by Crippen LogP contribution is -2.23. The fourth-order valence-corrected chi connectivity index (χ4v) is 2.61. The number of anilines is 1. The van der Waals surface area contributed by atoms with E-state index >= 15 is 0 Å². The second kappa shape index (κ2) is 4.90. The Labute approximate surface area is 116 Å². The van der Waals surface area contributed by atoms with E-state index in [1.165, 1.54) is 0 Å². The molecule has 0 spiro atoms. The molecule has 1 saturated carbocycles. The van der Waals surface area contributed by atoms with Crippen LogP contribution in [0, 0.1) is 5.92 Å². The van der Waals surface area contributed by atoms with Crippen molar-refractivity contribution in [3.8, 4) is 0 Å². The molecule has 106 valence electrons. The lowest BCUT2D eigenvalue weighted by molar-refractivity contribution is -0.140. The molecule has 20 heavy (non-hydrogen) atoms. The molecule has 3 rings (SSSR count). The van der Waals surface area contributed by atoms with Crippen LogP contribution in [0.4, 0.5) is 5.69 Å². The van der Waals surface area contributed by atoms with E-state index < -0.39 is 11.4 Å². The van der Waals surface area contributed by atoms with Gasteiger partial charge in [-0.15, -0.1) is 0 Å². The molecule has 1 aliphatic carbocycles. The second-order valence-electron chi connectivity index (χ2n) is 5.51. The zero-order valence-corrected chi connectivity index (χ0v) is 11.1. The van der Waals surface area contributed by atoms with Gasteiger partial charge >= 0.3 is 5.97 Å². The molecule has 0 bridgehead atoms. The molecule has 2 N–H and O–H groups in total. The maximum atomic E-state index is 11.9.